The van der Waals surface area contributed by atoms with Crippen LogP contribution in [0.4, 0.5) is 5.69 Å². The fourth-order valence-corrected chi connectivity index (χ4v) is 3.68. The number of hydrogen-bond donors (Lipinski definition) is 0. The molecule has 1 fully saturated rings. The van der Waals surface area contributed by atoms with Gasteiger partial charge in [0.1, 0.15) is 0 Å². The van der Waals surface area contributed by atoms with Gasteiger partial charge in [0.15, 0.2) is 0 Å². The first-order valence-electron chi connectivity index (χ1n) is 7.44. The van der Waals surface area contributed by atoms with E-state index >= 15 is 0 Å². The highest BCUT2D eigenvalue weighted by Crippen LogP contribution is 2.29. The van der Waals surface area contributed by atoms with Gasteiger partial charge in [0.2, 0.25) is 5.91 Å². The average molecular weight is 385 g/mol. The molecule has 1 unspecified atom stereocenters. The Bertz CT molecular complexity index is 497. The fraction of sp³-hybridized carbons (Fsp3) is 0.562. The minimum Gasteiger partial charge on any atom is -0.378 e. The second-order valence-corrected chi connectivity index (χ2v) is 6.84. The van der Waals surface area contributed by atoms with Crippen molar-refractivity contribution in [2.75, 3.05) is 18.1 Å². The Morgan fingerprint density at radius 1 is 1.35 bits per heavy atom. The van der Waals surface area contributed by atoms with E-state index in [9.17, 15) is 4.79 Å². The number of carbonyl (C=O) groups excluding carboxylic acids is 1. The molecule has 1 aromatic carbocycles. The van der Waals surface area contributed by atoms with Gasteiger partial charge < -0.3 is 9.64 Å². The topological polar surface area (TPSA) is 29.5 Å². The zero-order valence-corrected chi connectivity index (χ0v) is 13.8. The van der Waals surface area contributed by atoms with Gasteiger partial charge in [-0.1, -0.05) is 0 Å². The molecule has 1 aromatic rings. The molecule has 1 amide bonds. The maximum absolute atomic E-state index is 12.2. The van der Waals surface area contributed by atoms with Crippen molar-refractivity contribution in [2.24, 2.45) is 0 Å². The van der Waals surface area contributed by atoms with Crippen molar-refractivity contribution in [1.82, 2.24) is 0 Å². The zero-order valence-electron chi connectivity index (χ0n) is 11.6. The van der Waals surface area contributed by atoms with Gasteiger partial charge in [0.05, 0.1) is 6.10 Å². The number of rotatable bonds is 4. The maximum atomic E-state index is 12.2. The van der Waals surface area contributed by atoms with E-state index in [1.165, 1.54) is 22.0 Å². The molecule has 0 aromatic heterocycles. The summed E-state index contributed by atoms with van der Waals surface area (Å²) in [5.41, 5.74) is 2.43. The van der Waals surface area contributed by atoms with Gasteiger partial charge in [-0.2, -0.15) is 0 Å². The molecule has 1 saturated heterocycles. The van der Waals surface area contributed by atoms with Crippen molar-refractivity contribution in [3.63, 3.8) is 0 Å². The van der Waals surface area contributed by atoms with E-state index in [4.69, 9.17) is 4.74 Å². The van der Waals surface area contributed by atoms with E-state index in [0.29, 0.717) is 12.5 Å². The van der Waals surface area contributed by atoms with Crippen LogP contribution < -0.4 is 4.90 Å². The number of carbonyl (C=O) groups is 1. The summed E-state index contributed by atoms with van der Waals surface area (Å²) >= 11 is 2.33. The molecule has 0 saturated carbocycles. The van der Waals surface area contributed by atoms with Crippen LogP contribution in [0, 0.1) is 3.57 Å². The summed E-state index contributed by atoms with van der Waals surface area (Å²) in [5, 5.41) is 0. The average Bonchev–Trinajstić information content (AvgIpc) is 2.94. The molecule has 1 atom stereocenters. The van der Waals surface area contributed by atoms with Gasteiger partial charge >= 0.3 is 0 Å². The van der Waals surface area contributed by atoms with Crippen molar-refractivity contribution >= 4 is 34.2 Å². The summed E-state index contributed by atoms with van der Waals surface area (Å²) in [4.78, 5) is 14.1. The number of hydrogen-bond acceptors (Lipinski definition) is 2. The molecule has 0 bridgehead atoms. The second kappa shape index (κ2) is 6.43. The second-order valence-electron chi connectivity index (χ2n) is 5.60. The summed E-state index contributed by atoms with van der Waals surface area (Å²) in [6.07, 6.45) is 6.43. The molecule has 0 N–H and O–H groups in total. The highest BCUT2D eigenvalue weighted by molar-refractivity contribution is 14.1. The first-order chi connectivity index (χ1) is 9.74. The standard InChI is InChI=1S/C16H20INO2/c17-13-6-7-15-12(11-13)5-8-16(19)18(15)9-1-3-14-4-2-10-20-14/h6-7,11,14H,1-5,8-10H2. The minimum atomic E-state index is 0.269. The van der Waals surface area contributed by atoms with Gasteiger partial charge in [-0.3, -0.25) is 4.79 Å². The van der Waals surface area contributed by atoms with Crippen molar-refractivity contribution < 1.29 is 9.53 Å². The monoisotopic (exact) mass is 385 g/mol. The van der Waals surface area contributed by atoms with E-state index in [1.807, 2.05) is 4.90 Å². The lowest BCUT2D eigenvalue weighted by Gasteiger charge is -2.30. The van der Waals surface area contributed by atoms with Crippen LogP contribution in [0.5, 0.6) is 0 Å². The number of anilines is 1. The SMILES string of the molecule is O=C1CCc2cc(I)ccc2N1CCCC1CCCO1. The van der Waals surface area contributed by atoms with Crippen LogP contribution >= 0.6 is 22.6 Å². The molecular weight excluding hydrogens is 365 g/mol. The number of nitrogens with zero attached hydrogens (tertiary/aromatic N) is 1. The Hall–Kier alpha value is -0.620. The quantitative estimate of drug-likeness (QED) is 0.743. The molecule has 4 heteroatoms. The van der Waals surface area contributed by atoms with Gasteiger partial charge in [-0.15, -0.1) is 0 Å². The predicted octanol–water partition coefficient (Wildman–Crippen LogP) is 3.53. The first-order valence-corrected chi connectivity index (χ1v) is 8.52. The third kappa shape index (κ3) is 3.17. The largest absolute Gasteiger partial charge is 0.378 e. The van der Waals surface area contributed by atoms with Crippen LogP contribution in [0.2, 0.25) is 0 Å². The van der Waals surface area contributed by atoms with Crippen LogP contribution in [0.1, 0.15) is 37.7 Å². The Kier molecular flexibility index (Phi) is 4.61. The molecule has 2 aliphatic heterocycles. The molecule has 2 aliphatic rings. The minimum absolute atomic E-state index is 0.269. The van der Waals surface area contributed by atoms with E-state index in [-0.39, 0.29) is 5.91 Å². The van der Waals surface area contributed by atoms with Gasteiger partial charge in [0, 0.05) is 28.8 Å². The summed E-state index contributed by atoms with van der Waals surface area (Å²) in [6, 6.07) is 6.39. The summed E-state index contributed by atoms with van der Waals surface area (Å²) in [5.74, 6) is 0.269. The fourth-order valence-electron chi connectivity index (χ4n) is 3.12. The molecule has 3 rings (SSSR count). The Labute approximate surface area is 133 Å². The van der Waals surface area contributed by atoms with E-state index < -0.39 is 0 Å². The lowest BCUT2D eigenvalue weighted by atomic mass is 10.0. The molecule has 2 heterocycles. The van der Waals surface area contributed by atoms with E-state index in [0.717, 1.165) is 38.1 Å². The van der Waals surface area contributed by atoms with Crippen LogP contribution in [0.3, 0.4) is 0 Å². The summed E-state index contributed by atoms with van der Waals surface area (Å²) in [6.45, 7) is 1.74. The third-order valence-corrected chi connectivity index (χ3v) is 4.84. The predicted molar refractivity (Wildman–Crippen MR) is 88.0 cm³/mol. The Morgan fingerprint density at radius 2 is 2.25 bits per heavy atom. The number of ether oxygens (including phenoxy) is 1. The van der Waals surface area contributed by atoms with E-state index in [1.54, 1.807) is 0 Å². The number of benzene rings is 1. The lowest BCUT2D eigenvalue weighted by molar-refractivity contribution is -0.118. The van der Waals surface area contributed by atoms with Crippen molar-refractivity contribution in [2.45, 2.75) is 44.6 Å². The number of aryl methyl sites for hydroxylation is 1. The smallest absolute Gasteiger partial charge is 0.227 e. The molecule has 0 radical (unpaired) electrons. The zero-order chi connectivity index (χ0) is 13.9. The number of fused-ring (bicyclic) bond motifs is 1. The van der Waals surface area contributed by atoms with Crippen LogP contribution in [0.25, 0.3) is 0 Å². The Morgan fingerprint density at radius 3 is 3.05 bits per heavy atom. The molecule has 20 heavy (non-hydrogen) atoms. The van der Waals surface area contributed by atoms with E-state index in [2.05, 4.69) is 40.8 Å². The lowest BCUT2D eigenvalue weighted by Crippen LogP contribution is -2.36. The molecule has 0 aliphatic carbocycles. The molecule has 108 valence electrons. The maximum Gasteiger partial charge on any atom is 0.227 e. The van der Waals surface area contributed by atoms with Gasteiger partial charge in [0.25, 0.3) is 0 Å². The highest BCUT2D eigenvalue weighted by atomic mass is 127. The first kappa shape index (κ1) is 14.3. The number of amides is 1. The highest BCUT2D eigenvalue weighted by Gasteiger charge is 2.24. The Balaban J connectivity index is 1.64. The van der Waals surface area contributed by atoms with Crippen molar-refractivity contribution in [3.05, 3.63) is 27.3 Å². The van der Waals surface area contributed by atoms with Crippen molar-refractivity contribution in [3.8, 4) is 0 Å². The molecule has 3 nitrogen and oxygen atoms in total. The van der Waals surface area contributed by atoms with Crippen molar-refractivity contribution in [1.29, 1.82) is 0 Å². The van der Waals surface area contributed by atoms with Crippen LogP contribution in [-0.2, 0) is 16.0 Å². The summed E-state index contributed by atoms with van der Waals surface area (Å²) < 4.78 is 6.90. The van der Waals surface area contributed by atoms with Crippen LogP contribution in [0.15, 0.2) is 18.2 Å². The van der Waals surface area contributed by atoms with Gasteiger partial charge in [-0.25, -0.2) is 0 Å². The van der Waals surface area contributed by atoms with Gasteiger partial charge in [-0.05, 0) is 78.5 Å². The normalized spacial score (nSPS) is 22.1. The molecule has 0 spiro atoms. The molecular formula is C16H20INO2. The summed E-state index contributed by atoms with van der Waals surface area (Å²) in [7, 11) is 0. The number of halogens is 1. The van der Waals surface area contributed by atoms with Crippen LogP contribution in [-0.4, -0.2) is 25.2 Å². The third-order valence-electron chi connectivity index (χ3n) is 4.17.